The summed E-state index contributed by atoms with van der Waals surface area (Å²) in [4.78, 5) is 12.3. The smallest absolute Gasteiger partial charge is 0.167 e. The van der Waals surface area contributed by atoms with Gasteiger partial charge in [-0.1, -0.05) is 56.2 Å². The van der Waals surface area contributed by atoms with Gasteiger partial charge in [0.05, 0.1) is 0 Å². The lowest BCUT2D eigenvalue weighted by Crippen LogP contribution is -2.36. The van der Waals surface area contributed by atoms with E-state index in [2.05, 4.69) is 32.9 Å². The van der Waals surface area contributed by atoms with Gasteiger partial charge in [0.25, 0.3) is 0 Å². The molecule has 3 atom stereocenters. The van der Waals surface area contributed by atoms with Crippen molar-refractivity contribution in [1.82, 2.24) is 0 Å². The van der Waals surface area contributed by atoms with Gasteiger partial charge in [0.15, 0.2) is 5.78 Å². The largest absolute Gasteiger partial charge is 0.508 e. The lowest BCUT2D eigenvalue weighted by molar-refractivity contribution is -0.130. The Bertz CT molecular complexity index is 969. The highest BCUT2D eigenvalue weighted by molar-refractivity contribution is 5.86. The zero-order valence-corrected chi connectivity index (χ0v) is 23.6. The van der Waals surface area contributed by atoms with Gasteiger partial charge in [-0.15, -0.1) is 0 Å². The predicted molar refractivity (Wildman–Crippen MR) is 150 cm³/mol. The number of ketones is 1. The molecule has 2 N–H and O–H groups in total. The van der Waals surface area contributed by atoms with E-state index < -0.39 is 6.10 Å². The van der Waals surface area contributed by atoms with Gasteiger partial charge < -0.3 is 14.9 Å². The van der Waals surface area contributed by atoms with E-state index in [0.29, 0.717) is 18.1 Å². The number of aliphatic hydroxyl groups is 1. The van der Waals surface area contributed by atoms with Gasteiger partial charge in [-0.2, -0.15) is 0 Å². The number of fused-ring (bicyclic) bond motifs is 1. The van der Waals surface area contributed by atoms with Crippen LogP contribution in [0.25, 0.3) is 0 Å². The van der Waals surface area contributed by atoms with Crippen molar-refractivity contribution < 1.29 is 19.7 Å². The van der Waals surface area contributed by atoms with Gasteiger partial charge >= 0.3 is 0 Å². The Kier molecular flexibility index (Phi) is 11.5. The monoisotopic (exact) mass is 496 g/mol. The molecule has 1 aromatic carbocycles. The van der Waals surface area contributed by atoms with E-state index in [0.717, 1.165) is 61.8 Å². The maximum atomic E-state index is 12.3. The highest BCUT2D eigenvalue weighted by atomic mass is 16.5. The molecule has 1 aliphatic heterocycles. The van der Waals surface area contributed by atoms with Crippen LogP contribution >= 0.6 is 0 Å². The molecule has 0 amide bonds. The van der Waals surface area contributed by atoms with Gasteiger partial charge in [-0.3, -0.25) is 4.79 Å². The lowest BCUT2D eigenvalue weighted by atomic mass is 9.87. The van der Waals surface area contributed by atoms with E-state index in [-0.39, 0.29) is 17.3 Å². The second kappa shape index (κ2) is 13.8. The third-order valence-electron chi connectivity index (χ3n) is 7.14. The van der Waals surface area contributed by atoms with Gasteiger partial charge in [-0.05, 0) is 108 Å². The number of carbonyl (C=O) groups excluding carboxylic acids is 1. The van der Waals surface area contributed by atoms with Crippen LogP contribution in [0.5, 0.6) is 11.5 Å². The summed E-state index contributed by atoms with van der Waals surface area (Å²) in [5, 5.41) is 19.9. The van der Waals surface area contributed by atoms with Crippen molar-refractivity contribution in [3.05, 3.63) is 58.7 Å². The Morgan fingerprint density at radius 2 is 1.83 bits per heavy atom. The Morgan fingerprint density at radius 1 is 1.14 bits per heavy atom. The van der Waals surface area contributed by atoms with Crippen LogP contribution in [0, 0.1) is 18.8 Å². The molecule has 200 valence electrons. The van der Waals surface area contributed by atoms with Crippen LogP contribution in [0.15, 0.2) is 47.6 Å². The molecule has 0 bridgehead atoms. The minimum atomic E-state index is -0.863. The van der Waals surface area contributed by atoms with Crippen molar-refractivity contribution in [3.8, 4) is 11.5 Å². The topological polar surface area (TPSA) is 66.8 Å². The fraction of sp³-hybridized carbons (Fsp3) is 0.594. The number of aliphatic hydroxyl groups excluding tert-OH is 1. The van der Waals surface area contributed by atoms with Crippen LogP contribution in [0.1, 0.15) is 97.6 Å². The molecule has 1 aliphatic rings. The normalized spacial score (nSPS) is 20.4. The molecule has 0 aromatic heterocycles. The molecule has 1 aromatic rings. The minimum Gasteiger partial charge on any atom is -0.508 e. The molecule has 0 fully saturated rings. The summed E-state index contributed by atoms with van der Waals surface area (Å²) in [5.41, 5.74) is 4.64. The fourth-order valence-electron chi connectivity index (χ4n) is 4.81. The molecule has 0 spiro atoms. The molecule has 0 radical (unpaired) electrons. The van der Waals surface area contributed by atoms with E-state index in [9.17, 15) is 15.0 Å². The molecular formula is C32H48O4. The number of rotatable bonds is 13. The van der Waals surface area contributed by atoms with Crippen LogP contribution < -0.4 is 4.74 Å². The van der Waals surface area contributed by atoms with Crippen molar-refractivity contribution in [2.75, 3.05) is 0 Å². The second-order valence-corrected chi connectivity index (χ2v) is 11.4. The maximum Gasteiger partial charge on any atom is 0.167 e. The number of hydrogen-bond acceptors (Lipinski definition) is 4. The third kappa shape index (κ3) is 9.61. The summed E-state index contributed by atoms with van der Waals surface area (Å²) in [6, 6.07) is 3.61. The van der Waals surface area contributed by atoms with Crippen LogP contribution in [-0.2, 0) is 11.2 Å². The molecule has 4 nitrogen and oxygen atoms in total. The molecule has 0 saturated heterocycles. The summed E-state index contributed by atoms with van der Waals surface area (Å²) >= 11 is 0. The Hall–Kier alpha value is -2.33. The quantitative estimate of drug-likeness (QED) is 0.273. The molecule has 0 saturated carbocycles. The molecule has 36 heavy (non-hydrogen) atoms. The van der Waals surface area contributed by atoms with Crippen LogP contribution in [0.2, 0.25) is 0 Å². The van der Waals surface area contributed by atoms with E-state index in [4.69, 9.17) is 4.74 Å². The molecule has 1 unspecified atom stereocenters. The number of ether oxygens (including phenoxy) is 1. The summed E-state index contributed by atoms with van der Waals surface area (Å²) < 4.78 is 6.41. The molecule has 0 aliphatic carbocycles. The van der Waals surface area contributed by atoms with Gasteiger partial charge in [-0.25, -0.2) is 0 Å². The molecule has 4 heteroatoms. The van der Waals surface area contributed by atoms with Crippen molar-refractivity contribution >= 4 is 5.78 Å². The SMILES string of the molecule is C/C(=C\CC/C(C)=C/CC[C@]1(C)CCc2cc(O)cc(C)c2O1)C/C=C\C(C)C(=O)[C@H](O)CC(C)C. The first-order valence-electron chi connectivity index (χ1n) is 13.6. The van der Waals surface area contributed by atoms with Crippen molar-refractivity contribution in [2.45, 2.75) is 112 Å². The highest BCUT2D eigenvalue weighted by Gasteiger charge is 2.32. The molecular weight excluding hydrogens is 448 g/mol. The van der Waals surface area contributed by atoms with Crippen LogP contribution in [0.3, 0.4) is 0 Å². The van der Waals surface area contributed by atoms with Gasteiger partial charge in [0.1, 0.15) is 23.2 Å². The van der Waals surface area contributed by atoms with Crippen molar-refractivity contribution in [3.63, 3.8) is 0 Å². The minimum absolute atomic E-state index is 0.0894. The first-order valence-corrected chi connectivity index (χ1v) is 13.6. The predicted octanol–water partition coefficient (Wildman–Crippen LogP) is 7.80. The summed E-state index contributed by atoms with van der Waals surface area (Å²) in [6.07, 6.45) is 15.0. The number of benzene rings is 1. The van der Waals surface area contributed by atoms with E-state index in [1.807, 2.05) is 45.9 Å². The number of Topliss-reactive ketones (excluding diaryl/α,β-unsaturated/α-hetero) is 1. The summed E-state index contributed by atoms with van der Waals surface area (Å²) in [7, 11) is 0. The van der Waals surface area contributed by atoms with Crippen LogP contribution in [-0.4, -0.2) is 27.7 Å². The number of phenols is 1. The van der Waals surface area contributed by atoms with Crippen molar-refractivity contribution in [2.24, 2.45) is 11.8 Å². The summed E-state index contributed by atoms with van der Waals surface area (Å²) in [5.74, 6) is 1.23. The third-order valence-corrected chi connectivity index (χ3v) is 7.14. The van der Waals surface area contributed by atoms with Gasteiger partial charge in [0, 0.05) is 5.92 Å². The van der Waals surface area contributed by atoms with Crippen LogP contribution in [0.4, 0.5) is 0 Å². The maximum absolute atomic E-state index is 12.3. The van der Waals surface area contributed by atoms with Crippen molar-refractivity contribution in [1.29, 1.82) is 0 Å². The van der Waals surface area contributed by atoms with Gasteiger partial charge in [0.2, 0.25) is 0 Å². The highest BCUT2D eigenvalue weighted by Crippen LogP contribution is 2.39. The standard InChI is InChI=1S/C32H48O4/c1-22(2)19-29(34)30(35)25(5)15-9-13-23(3)11-8-12-24(4)14-10-17-32(7)18-16-27-21-28(33)20-26(6)31(27)36-32/h9,11,14-15,20-22,25,29,33-34H,8,10,12-13,16-19H2,1-7H3/b15-9-,23-11+,24-14+/t25?,29-,32-/m1/s1. The zero-order valence-electron chi connectivity index (χ0n) is 23.6. The average molecular weight is 497 g/mol. The Morgan fingerprint density at radius 3 is 2.53 bits per heavy atom. The number of phenolic OH excluding ortho intramolecular Hbond substituents is 1. The number of carbonyl (C=O) groups is 1. The zero-order chi connectivity index (χ0) is 26.9. The molecule has 1 heterocycles. The Labute approximate surface area is 219 Å². The van der Waals surface area contributed by atoms with E-state index in [1.165, 1.54) is 11.1 Å². The number of allylic oxidation sites excluding steroid dienone is 6. The molecule has 2 rings (SSSR count). The summed E-state index contributed by atoms with van der Waals surface area (Å²) in [6.45, 7) is 14.4. The van der Waals surface area contributed by atoms with E-state index >= 15 is 0 Å². The number of aromatic hydroxyl groups is 1. The first-order chi connectivity index (χ1) is 16.9. The Balaban J connectivity index is 1.74. The first kappa shape index (κ1) is 29.9. The number of hydrogen-bond donors (Lipinski definition) is 2. The lowest BCUT2D eigenvalue weighted by Gasteiger charge is -2.36. The fourth-order valence-corrected chi connectivity index (χ4v) is 4.81. The van der Waals surface area contributed by atoms with E-state index in [1.54, 1.807) is 6.07 Å². The number of aryl methyl sites for hydroxylation is 2. The average Bonchev–Trinajstić information content (AvgIpc) is 2.78. The second-order valence-electron chi connectivity index (χ2n) is 11.4.